The van der Waals surface area contributed by atoms with Crippen molar-refractivity contribution in [1.82, 2.24) is 0 Å². The van der Waals surface area contributed by atoms with Gasteiger partial charge in [-0.2, -0.15) is 0 Å². The van der Waals surface area contributed by atoms with Gasteiger partial charge in [-0.1, -0.05) is 12.1 Å². The molecule has 4 nitrogen and oxygen atoms in total. The number of nitrogens with two attached hydrogens (primary N) is 1. The zero-order chi connectivity index (χ0) is 13.1. The number of anilines is 1. The summed E-state index contributed by atoms with van der Waals surface area (Å²) >= 11 is 0. The van der Waals surface area contributed by atoms with E-state index in [1.54, 1.807) is 12.1 Å². The third-order valence-corrected chi connectivity index (χ3v) is 3.21. The second kappa shape index (κ2) is 5.31. The molecule has 1 aromatic carbocycles. The molecule has 0 saturated carbocycles. The van der Waals surface area contributed by atoms with Crippen molar-refractivity contribution in [2.45, 2.75) is 38.6 Å². The Morgan fingerprint density at radius 3 is 2.00 bits per heavy atom. The second-order valence-electron chi connectivity index (χ2n) is 4.71. The predicted octanol–water partition coefficient (Wildman–Crippen LogP) is 2.14. The molecule has 1 heterocycles. The van der Waals surface area contributed by atoms with E-state index in [9.17, 15) is 9.59 Å². The molecule has 1 saturated heterocycles. The van der Waals surface area contributed by atoms with Crippen molar-refractivity contribution in [2.24, 2.45) is 5.73 Å². The molecule has 1 aliphatic heterocycles. The molecule has 0 bridgehead atoms. The highest BCUT2D eigenvalue weighted by Crippen LogP contribution is 2.23. The fourth-order valence-corrected chi connectivity index (χ4v) is 2.13. The SMILES string of the molecule is CC(N)c1ccc(N2C(=O)CCCCC2=O)cc1. The van der Waals surface area contributed by atoms with Gasteiger partial charge in [0, 0.05) is 18.9 Å². The molecular weight excluding hydrogens is 228 g/mol. The summed E-state index contributed by atoms with van der Waals surface area (Å²) < 4.78 is 0. The van der Waals surface area contributed by atoms with Crippen LogP contribution in [0.1, 0.15) is 44.2 Å². The molecule has 1 aliphatic rings. The van der Waals surface area contributed by atoms with Crippen molar-refractivity contribution in [3.63, 3.8) is 0 Å². The summed E-state index contributed by atoms with van der Waals surface area (Å²) in [4.78, 5) is 25.2. The van der Waals surface area contributed by atoms with Gasteiger partial charge >= 0.3 is 0 Å². The molecule has 2 N–H and O–H groups in total. The van der Waals surface area contributed by atoms with Crippen LogP contribution in [-0.2, 0) is 9.59 Å². The van der Waals surface area contributed by atoms with Gasteiger partial charge in [0.15, 0.2) is 0 Å². The number of imide groups is 1. The van der Waals surface area contributed by atoms with E-state index >= 15 is 0 Å². The molecule has 2 amide bonds. The zero-order valence-corrected chi connectivity index (χ0v) is 10.6. The Balaban J connectivity index is 2.28. The molecule has 96 valence electrons. The monoisotopic (exact) mass is 246 g/mol. The smallest absolute Gasteiger partial charge is 0.233 e. The van der Waals surface area contributed by atoms with E-state index in [2.05, 4.69) is 0 Å². The molecule has 0 aliphatic carbocycles. The highest BCUT2D eigenvalue weighted by atomic mass is 16.2. The molecule has 1 aromatic rings. The molecule has 2 rings (SSSR count). The Hall–Kier alpha value is -1.68. The molecule has 0 spiro atoms. The first-order valence-electron chi connectivity index (χ1n) is 6.31. The van der Waals surface area contributed by atoms with E-state index in [4.69, 9.17) is 5.73 Å². The van der Waals surface area contributed by atoms with Gasteiger partial charge in [-0.3, -0.25) is 14.5 Å². The molecule has 0 aromatic heterocycles. The minimum absolute atomic E-state index is 0.0467. The first-order chi connectivity index (χ1) is 8.59. The maximum Gasteiger partial charge on any atom is 0.233 e. The van der Waals surface area contributed by atoms with Crippen LogP contribution in [-0.4, -0.2) is 11.8 Å². The highest BCUT2D eigenvalue weighted by molar-refractivity contribution is 6.15. The number of rotatable bonds is 2. The fraction of sp³-hybridized carbons (Fsp3) is 0.429. The Morgan fingerprint density at radius 1 is 1.06 bits per heavy atom. The lowest BCUT2D eigenvalue weighted by Gasteiger charge is -2.19. The van der Waals surface area contributed by atoms with Gasteiger partial charge in [0.25, 0.3) is 0 Å². The van der Waals surface area contributed by atoms with Crippen LogP contribution in [0.15, 0.2) is 24.3 Å². The quantitative estimate of drug-likeness (QED) is 0.813. The Morgan fingerprint density at radius 2 is 1.56 bits per heavy atom. The van der Waals surface area contributed by atoms with Crippen molar-refractivity contribution in [2.75, 3.05) is 4.90 Å². The fourth-order valence-electron chi connectivity index (χ4n) is 2.13. The van der Waals surface area contributed by atoms with Gasteiger partial charge in [-0.05, 0) is 37.5 Å². The van der Waals surface area contributed by atoms with Crippen LogP contribution < -0.4 is 10.6 Å². The largest absolute Gasteiger partial charge is 0.324 e. The van der Waals surface area contributed by atoms with Crippen molar-refractivity contribution >= 4 is 17.5 Å². The number of amides is 2. The summed E-state index contributed by atoms with van der Waals surface area (Å²) in [7, 11) is 0. The number of hydrogen-bond donors (Lipinski definition) is 1. The number of hydrogen-bond acceptors (Lipinski definition) is 3. The van der Waals surface area contributed by atoms with E-state index in [1.165, 1.54) is 4.90 Å². The first kappa shape index (κ1) is 12.8. The average molecular weight is 246 g/mol. The Labute approximate surface area is 107 Å². The van der Waals surface area contributed by atoms with Gasteiger partial charge in [-0.25, -0.2) is 0 Å². The van der Waals surface area contributed by atoms with Crippen molar-refractivity contribution < 1.29 is 9.59 Å². The third-order valence-electron chi connectivity index (χ3n) is 3.21. The Kier molecular flexibility index (Phi) is 3.77. The lowest BCUT2D eigenvalue weighted by atomic mass is 10.1. The third kappa shape index (κ3) is 2.59. The second-order valence-corrected chi connectivity index (χ2v) is 4.71. The standard InChI is InChI=1S/C14H18N2O2/c1-10(15)11-6-8-12(9-7-11)16-13(17)4-2-3-5-14(16)18/h6-10H,2-5,15H2,1H3. The highest BCUT2D eigenvalue weighted by Gasteiger charge is 2.25. The van der Waals surface area contributed by atoms with Crippen molar-refractivity contribution in [1.29, 1.82) is 0 Å². The van der Waals surface area contributed by atoms with E-state index in [0.717, 1.165) is 18.4 Å². The molecular formula is C14H18N2O2. The van der Waals surface area contributed by atoms with Gasteiger partial charge < -0.3 is 5.73 Å². The number of carbonyl (C=O) groups is 2. The number of nitrogens with zero attached hydrogens (tertiary/aromatic N) is 1. The average Bonchev–Trinajstić information content (AvgIpc) is 2.51. The molecule has 1 atom stereocenters. The maximum atomic E-state index is 11.9. The summed E-state index contributed by atoms with van der Waals surface area (Å²) in [6, 6.07) is 7.27. The molecule has 0 radical (unpaired) electrons. The minimum atomic E-state index is -0.106. The summed E-state index contributed by atoms with van der Waals surface area (Å²) in [6.07, 6.45) is 2.47. The van der Waals surface area contributed by atoms with E-state index in [-0.39, 0.29) is 17.9 Å². The summed E-state index contributed by atoms with van der Waals surface area (Å²) in [6.45, 7) is 1.90. The van der Waals surface area contributed by atoms with Crippen molar-refractivity contribution in [3.8, 4) is 0 Å². The van der Waals surface area contributed by atoms with Gasteiger partial charge in [0.05, 0.1) is 5.69 Å². The van der Waals surface area contributed by atoms with Gasteiger partial charge in [0.1, 0.15) is 0 Å². The summed E-state index contributed by atoms with van der Waals surface area (Å²) in [5, 5.41) is 0. The van der Waals surface area contributed by atoms with Crippen LogP contribution in [0, 0.1) is 0 Å². The molecule has 4 heteroatoms. The first-order valence-corrected chi connectivity index (χ1v) is 6.31. The maximum absolute atomic E-state index is 11.9. The van der Waals surface area contributed by atoms with Crippen LogP contribution in [0.2, 0.25) is 0 Å². The minimum Gasteiger partial charge on any atom is -0.324 e. The van der Waals surface area contributed by atoms with Crippen LogP contribution in [0.3, 0.4) is 0 Å². The van der Waals surface area contributed by atoms with E-state index < -0.39 is 0 Å². The van der Waals surface area contributed by atoms with E-state index in [1.807, 2.05) is 19.1 Å². The summed E-state index contributed by atoms with van der Waals surface area (Å²) in [5.74, 6) is -0.211. The lowest BCUT2D eigenvalue weighted by Crippen LogP contribution is -2.35. The van der Waals surface area contributed by atoms with Crippen LogP contribution >= 0.6 is 0 Å². The van der Waals surface area contributed by atoms with Crippen molar-refractivity contribution in [3.05, 3.63) is 29.8 Å². The summed E-state index contributed by atoms with van der Waals surface area (Å²) in [5.41, 5.74) is 7.42. The number of benzene rings is 1. The molecule has 18 heavy (non-hydrogen) atoms. The van der Waals surface area contributed by atoms with Gasteiger partial charge in [-0.15, -0.1) is 0 Å². The van der Waals surface area contributed by atoms with Gasteiger partial charge in [0.2, 0.25) is 11.8 Å². The predicted molar refractivity (Wildman–Crippen MR) is 70.0 cm³/mol. The van der Waals surface area contributed by atoms with Crippen LogP contribution in [0.25, 0.3) is 0 Å². The Bertz CT molecular complexity index is 433. The van der Waals surface area contributed by atoms with Crippen LogP contribution in [0.5, 0.6) is 0 Å². The topological polar surface area (TPSA) is 63.4 Å². The molecule has 1 unspecified atom stereocenters. The molecule has 1 fully saturated rings. The van der Waals surface area contributed by atoms with Crippen LogP contribution in [0.4, 0.5) is 5.69 Å². The zero-order valence-electron chi connectivity index (χ0n) is 10.6. The normalized spacial score (nSPS) is 18.7. The number of carbonyl (C=O) groups excluding carboxylic acids is 2. The lowest BCUT2D eigenvalue weighted by molar-refractivity contribution is -0.125. The van der Waals surface area contributed by atoms with E-state index in [0.29, 0.717) is 18.5 Å².